The Balaban J connectivity index is 1.74. The van der Waals surface area contributed by atoms with Gasteiger partial charge in [-0.1, -0.05) is 29.8 Å². The number of hydrogen-bond acceptors (Lipinski definition) is 3. The summed E-state index contributed by atoms with van der Waals surface area (Å²) in [5.74, 6) is -0.243. The predicted molar refractivity (Wildman–Crippen MR) is 82.3 cm³/mol. The third kappa shape index (κ3) is 3.06. The molecule has 2 aromatic rings. The quantitative estimate of drug-likeness (QED) is 0.915. The zero-order valence-corrected chi connectivity index (χ0v) is 12.3. The molecule has 0 unspecified atom stereocenters. The monoisotopic (exact) mass is 301 g/mol. The van der Waals surface area contributed by atoms with Crippen LogP contribution in [0.1, 0.15) is 27.2 Å². The lowest BCUT2D eigenvalue weighted by molar-refractivity contribution is 0.0946. The van der Waals surface area contributed by atoms with Crippen LogP contribution in [0.2, 0.25) is 5.02 Å². The Morgan fingerprint density at radius 2 is 2.24 bits per heavy atom. The molecule has 0 bridgehead atoms. The Kier molecular flexibility index (Phi) is 4.18. The molecular formula is C16H16ClN3O. The predicted octanol–water partition coefficient (Wildman–Crippen LogP) is 2.31. The summed E-state index contributed by atoms with van der Waals surface area (Å²) in [5, 5.41) is 6.62. The first-order valence-electron chi connectivity index (χ1n) is 6.95. The topological polar surface area (TPSA) is 54.0 Å². The second-order valence-electron chi connectivity index (χ2n) is 5.00. The standard InChI is InChI=1S/C16H16ClN3O/c17-14-5-2-7-19-15(14)16(21)20-10-12-4-1-3-11-9-18-8-6-13(11)12/h1-5,7,18H,6,8-10H2,(H,20,21). The van der Waals surface area contributed by atoms with E-state index in [0.717, 1.165) is 25.1 Å². The average Bonchev–Trinajstić information content (AvgIpc) is 2.53. The SMILES string of the molecule is O=C(NCc1cccc2c1CCNC2)c1ncccc1Cl. The fourth-order valence-corrected chi connectivity index (χ4v) is 2.80. The van der Waals surface area contributed by atoms with Crippen molar-refractivity contribution >= 4 is 17.5 Å². The maximum atomic E-state index is 12.1. The van der Waals surface area contributed by atoms with Crippen LogP contribution in [0.5, 0.6) is 0 Å². The number of fused-ring (bicyclic) bond motifs is 1. The summed E-state index contributed by atoms with van der Waals surface area (Å²) in [7, 11) is 0. The van der Waals surface area contributed by atoms with Crippen molar-refractivity contribution in [3.63, 3.8) is 0 Å². The summed E-state index contributed by atoms with van der Waals surface area (Å²) in [6.07, 6.45) is 2.56. The van der Waals surface area contributed by atoms with E-state index in [2.05, 4.69) is 27.8 Å². The number of aromatic nitrogens is 1. The molecule has 1 aromatic heterocycles. The highest BCUT2D eigenvalue weighted by Crippen LogP contribution is 2.19. The van der Waals surface area contributed by atoms with Gasteiger partial charge in [-0.25, -0.2) is 4.98 Å². The molecule has 0 atom stereocenters. The van der Waals surface area contributed by atoms with Gasteiger partial charge < -0.3 is 10.6 Å². The highest BCUT2D eigenvalue weighted by Gasteiger charge is 2.14. The van der Waals surface area contributed by atoms with Crippen LogP contribution in [0.4, 0.5) is 0 Å². The van der Waals surface area contributed by atoms with Gasteiger partial charge in [0.25, 0.3) is 5.91 Å². The van der Waals surface area contributed by atoms with Crippen molar-refractivity contribution in [3.05, 3.63) is 63.9 Å². The first-order valence-corrected chi connectivity index (χ1v) is 7.32. The van der Waals surface area contributed by atoms with Crippen molar-refractivity contribution in [2.45, 2.75) is 19.5 Å². The molecule has 3 rings (SSSR count). The van der Waals surface area contributed by atoms with Crippen molar-refractivity contribution < 1.29 is 4.79 Å². The molecular weight excluding hydrogens is 286 g/mol. The van der Waals surface area contributed by atoms with Crippen LogP contribution in [0.15, 0.2) is 36.5 Å². The fourth-order valence-electron chi connectivity index (χ4n) is 2.59. The molecule has 1 aromatic carbocycles. The first kappa shape index (κ1) is 14.0. The molecule has 2 heterocycles. The number of nitrogens with zero attached hydrogens (tertiary/aromatic N) is 1. The van der Waals surface area contributed by atoms with Gasteiger partial charge in [-0.05, 0) is 41.8 Å². The van der Waals surface area contributed by atoms with Crippen LogP contribution < -0.4 is 10.6 Å². The van der Waals surface area contributed by atoms with E-state index >= 15 is 0 Å². The Morgan fingerprint density at radius 3 is 3.10 bits per heavy atom. The summed E-state index contributed by atoms with van der Waals surface area (Å²) in [6, 6.07) is 9.59. The summed E-state index contributed by atoms with van der Waals surface area (Å²) in [6.45, 7) is 2.36. The maximum absolute atomic E-state index is 12.1. The van der Waals surface area contributed by atoms with Gasteiger partial charge in [0.2, 0.25) is 0 Å². The largest absolute Gasteiger partial charge is 0.347 e. The number of benzene rings is 1. The highest BCUT2D eigenvalue weighted by atomic mass is 35.5. The lowest BCUT2D eigenvalue weighted by Gasteiger charge is -2.20. The number of hydrogen-bond donors (Lipinski definition) is 2. The number of amides is 1. The Morgan fingerprint density at radius 1 is 1.33 bits per heavy atom. The molecule has 21 heavy (non-hydrogen) atoms. The minimum Gasteiger partial charge on any atom is -0.347 e. The molecule has 0 aliphatic carbocycles. The fraction of sp³-hybridized carbons (Fsp3) is 0.250. The average molecular weight is 302 g/mol. The summed E-state index contributed by atoms with van der Waals surface area (Å²) in [4.78, 5) is 16.2. The van der Waals surface area contributed by atoms with Gasteiger partial charge in [0.1, 0.15) is 5.69 Å². The lowest BCUT2D eigenvalue weighted by atomic mass is 9.95. The van der Waals surface area contributed by atoms with Gasteiger partial charge in [-0.3, -0.25) is 4.79 Å². The smallest absolute Gasteiger partial charge is 0.271 e. The van der Waals surface area contributed by atoms with E-state index in [-0.39, 0.29) is 11.6 Å². The molecule has 1 aliphatic heterocycles. The molecule has 0 saturated heterocycles. The molecule has 1 amide bonds. The number of carbonyl (C=O) groups is 1. The third-order valence-corrected chi connectivity index (χ3v) is 3.96. The second kappa shape index (κ2) is 6.24. The van der Waals surface area contributed by atoms with Crippen molar-refractivity contribution in [1.29, 1.82) is 0 Å². The third-order valence-electron chi connectivity index (χ3n) is 3.65. The lowest BCUT2D eigenvalue weighted by Crippen LogP contribution is -2.28. The zero-order valence-electron chi connectivity index (χ0n) is 11.5. The van der Waals surface area contributed by atoms with Crippen LogP contribution in [0, 0.1) is 0 Å². The van der Waals surface area contributed by atoms with Crippen molar-refractivity contribution in [2.75, 3.05) is 6.54 Å². The maximum Gasteiger partial charge on any atom is 0.271 e. The number of pyridine rings is 1. The Labute approximate surface area is 128 Å². The molecule has 1 aliphatic rings. The van der Waals surface area contributed by atoms with Gasteiger partial charge in [0.15, 0.2) is 0 Å². The van der Waals surface area contributed by atoms with Crippen LogP contribution in [-0.2, 0) is 19.5 Å². The van der Waals surface area contributed by atoms with Crippen LogP contribution in [0.25, 0.3) is 0 Å². The van der Waals surface area contributed by atoms with Gasteiger partial charge in [-0.2, -0.15) is 0 Å². The van der Waals surface area contributed by atoms with Crippen LogP contribution in [-0.4, -0.2) is 17.4 Å². The van der Waals surface area contributed by atoms with E-state index in [1.54, 1.807) is 18.3 Å². The van der Waals surface area contributed by atoms with Crippen molar-refractivity contribution in [3.8, 4) is 0 Å². The van der Waals surface area contributed by atoms with E-state index in [1.165, 1.54) is 11.1 Å². The van der Waals surface area contributed by atoms with Gasteiger partial charge in [-0.15, -0.1) is 0 Å². The summed E-state index contributed by atoms with van der Waals surface area (Å²) in [5.41, 5.74) is 4.08. The summed E-state index contributed by atoms with van der Waals surface area (Å²) < 4.78 is 0. The van der Waals surface area contributed by atoms with Crippen LogP contribution >= 0.6 is 11.6 Å². The molecule has 2 N–H and O–H groups in total. The molecule has 0 saturated carbocycles. The zero-order chi connectivity index (χ0) is 14.7. The van der Waals surface area contributed by atoms with E-state index in [0.29, 0.717) is 11.6 Å². The van der Waals surface area contributed by atoms with Crippen LogP contribution in [0.3, 0.4) is 0 Å². The molecule has 4 nitrogen and oxygen atoms in total. The summed E-state index contributed by atoms with van der Waals surface area (Å²) >= 11 is 5.98. The molecule has 0 spiro atoms. The van der Waals surface area contributed by atoms with Gasteiger partial charge in [0.05, 0.1) is 5.02 Å². The second-order valence-corrected chi connectivity index (χ2v) is 5.41. The van der Waals surface area contributed by atoms with Crippen molar-refractivity contribution in [1.82, 2.24) is 15.6 Å². The minimum absolute atomic E-state index is 0.243. The van der Waals surface area contributed by atoms with E-state index < -0.39 is 0 Å². The van der Waals surface area contributed by atoms with E-state index in [9.17, 15) is 4.79 Å². The number of carbonyl (C=O) groups excluding carboxylic acids is 1. The van der Waals surface area contributed by atoms with Gasteiger partial charge >= 0.3 is 0 Å². The normalized spacial score (nSPS) is 13.6. The Hall–Kier alpha value is -1.91. The van der Waals surface area contributed by atoms with E-state index in [1.807, 2.05) is 6.07 Å². The molecule has 108 valence electrons. The number of halogens is 1. The Bertz CT molecular complexity index is 672. The van der Waals surface area contributed by atoms with Crippen molar-refractivity contribution in [2.24, 2.45) is 0 Å². The molecule has 0 fully saturated rings. The molecule has 0 radical (unpaired) electrons. The van der Waals surface area contributed by atoms with E-state index in [4.69, 9.17) is 11.6 Å². The minimum atomic E-state index is -0.243. The molecule has 5 heteroatoms. The van der Waals surface area contributed by atoms with Gasteiger partial charge in [0, 0.05) is 19.3 Å². The highest BCUT2D eigenvalue weighted by molar-refractivity contribution is 6.33. The number of rotatable bonds is 3. The number of nitrogens with one attached hydrogen (secondary N) is 2. The first-order chi connectivity index (χ1) is 10.3.